The number of carbonyl (C=O) groups excluding carboxylic acids is 2. The molecular weight excluding hydrogens is 503 g/mol. The van der Waals surface area contributed by atoms with E-state index >= 15 is 0 Å². The molecule has 5 rings (SSSR count). The Bertz CT molecular complexity index is 1380. The van der Waals surface area contributed by atoms with Crippen LogP contribution >= 0.6 is 0 Å². The average molecular weight is 541 g/mol. The van der Waals surface area contributed by atoms with Crippen molar-refractivity contribution in [1.29, 1.82) is 0 Å². The maximum atomic E-state index is 14.8. The van der Waals surface area contributed by atoms with Crippen LogP contribution in [0, 0.1) is 23.6 Å². The lowest BCUT2D eigenvalue weighted by Gasteiger charge is -2.30. The van der Waals surface area contributed by atoms with Crippen LogP contribution in [0.3, 0.4) is 0 Å². The lowest BCUT2D eigenvalue weighted by molar-refractivity contribution is -0.134. The third-order valence-corrected chi connectivity index (χ3v) is 8.56. The van der Waals surface area contributed by atoms with Crippen molar-refractivity contribution in [3.63, 3.8) is 0 Å². The maximum Gasteiger partial charge on any atom is 0.330 e. The molecule has 5 nitrogen and oxygen atoms in total. The number of fused-ring (bicyclic) bond motifs is 2. The number of ether oxygens (including phenoxy) is 1. The number of halogens is 1. The Morgan fingerprint density at radius 3 is 2.25 bits per heavy atom. The molecule has 2 aliphatic rings. The van der Waals surface area contributed by atoms with Gasteiger partial charge in [0.1, 0.15) is 5.82 Å². The predicted molar refractivity (Wildman–Crippen MR) is 158 cm³/mol. The molecule has 0 aliphatic heterocycles. The van der Waals surface area contributed by atoms with E-state index in [1.165, 1.54) is 43.5 Å². The highest BCUT2D eigenvalue weighted by Crippen LogP contribution is 2.49. The Labute approximate surface area is 236 Å². The SMILES string of the molecule is CCN(C)c1ccc(-c2ccc(CN(C(=O)C3CC4CCC3C4)c3cc(F)cc(C=CC(=O)OC)c3)cc2)cc1. The Morgan fingerprint density at radius 2 is 1.65 bits per heavy atom. The molecule has 3 aromatic carbocycles. The van der Waals surface area contributed by atoms with Gasteiger partial charge in [0.25, 0.3) is 0 Å². The topological polar surface area (TPSA) is 49.9 Å². The second-order valence-corrected chi connectivity index (χ2v) is 11.1. The van der Waals surface area contributed by atoms with Gasteiger partial charge in [0.15, 0.2) is 0 Å². The monoisotopic (exact) mass is 540 g/mol. The van der Waals surface area contributed by atoms with Crippen LogP contribution in [0.15, 0.2) is 72.8 Å². The van der Waals surface area contributed by atoms with Gasteiger partial charge >= 0.3 is 5.97 Å². The van der Waals surface area contributed by atoms with Crippen LogP contribution < -0.4 is 9.80 Å². The molecule has 2 bridgehead atoms. The minimum Gasteiger partial charge on any atom is -0.466 e. The predicted octanol–water partition coefficient (Wildman–Crippen LogP) is 7.10. The van der Waals surface area contributed by atoms with Crippen LogP contribution in [0.4, 0.5) is 15.8 Å². The van der Waals surface area contributed by atoms with Gasteiger partial charge in [-0.2, -0.15) is 0 Å². The zero-order valence-corrected chi connectivity index (χ0v) is 23.5. The quantitative estimate of drug-likeness (QED) is 0.215. The molecule has 3 atom stereocenters. The van der Waals surface area contributed by atoms with E-state index in [4.69, 9.17) is 0 Å². The van der Waals surface area contributed by atoms with Crippen molar-refractivity contribution in [3.8, 4) is 11.1 Å². The molecule has 2 fully saturated rings. The second-order valence-electron chi connectivity index (χ2n) is 11.1. The van der Waals surface area contributed by atoms with Crippen LogP contribution in [-0.4, -0.2) is 32.6 Å². The first-order chi connectivity index (χ1) is 19.3. The smallest absolute Gasteiger partial charge is 0.330 e. The summed E-state index contributed by atoms with van der Waals surface area (Å²) in [6.45, 7) is 3.42. The van der Waals surface area contributed by atoms with E-state index < -0.39 is 11.8 Å². The fourth-order valence-electron chi connectivity index (χ4n) is 6.20. The highest BCUT2D eigenvalue weighted by molar-refractivity contribution is 5.96. The van der Waals surface area contributed by atoms with Gasteiger partial charge < -0.3 is 14.5 Å². The Hall–Kier alpha value is -3.93. The van der Waals surface area contributed by atoms with Gasteiger partial charge in [-0.25, -0.2) is 9.18 Å². The Kier molecular flexibility index (Phi) is 8.34. The lowest BCUT2D eigenvalue weighted by Crippen LogP contribution is -2.38. The number of amides is 1. The van der Waals surface area contributed by atoms with Crippen molar-refractivity contribution in [1.82, 2.24) is 0 Å². The minimum atomic E-state index is -0.521. The molecule has 0 aromatic heterocycles. The number of carbonyl (C=O) groups is 2. The molecule has 208 valence electrons. The van der Waals surface area contributed by atoms with Crippen molar-refractivity contribution >= 4 is 29.3 Å². The van der Waals surface area contributed by atoms with Crippen LogP contribution in [0.25, 0.3) is 17.2 Å². The van der Waals surface area contributed by atoms with Crippen molar-refractivity contribution in [3.05, 3.63) is 89.8 Å². The zero-order chi connectivity index (χ0) is 28.2. The summed E-state index contributed by atoms with van der Waals surface area (Å²) in [6, 6.07) is 21.2. The van der Waals surface area contributed by atoms with E-state index in [9.17, 15) is 14.0 Å². The molecule has 0 radical (unpaired) electrons. The van der Waals surface area contributed by atoms with Gasteiger partial charge in [-0.15, -0.1) is 0 Å². The first-order valence-corrected chi connectivity index (χ1v) is 14.1. The van der Waals surface area contributed by atoms with Crippen molar-refractivity contribution in [2.75, 3.05) is 30.5 Å². The van der Waals surface area contributed by atoms with Gasteiger partial charge in [-0.05, 0) is 96.7 Å². The Balaban J connectivity index is 1.41. The van der Waals surface area contributed by atoms with Gasteiger partial charge in [0.05, 0.1) is 13.7 Å². The molecule has 2 saturated carbocycles. The largest absolute Gasteiger partial charge is 0.466 e. The van der Waals surface area contributed by atoms with Crippen LogP contribution in [0.2, 0.25) is 0 Å². The normalized spacial score (nSPS) is 19.6. The number of anilines is 2. The average Bonchev–Trinajstić information content (AvgIpc) is 3.62. The molecule has 0 spiro atoms. The van der Waals surface area contributed by atoms with Crippen LogP contribution in [0.1, 0.15) is 43.7 Å². The number of rotatable bonds is 9. The van der Waals surface area contributed by atoms with E-state index in [1.807, 2.05) is 12.1 Å². The number of benzene rings is 3. The third-order valence-electron chi connectivity index (χ3n) is 8.56. The van der Waals surface area contributed by atoms with Crippen molar-refractivity contribution in [2.24, 2.45) is 17.8 Å². The molecular formula is C34H37FN2O3. The number of hydrogen-bond acceptors (Lipinski definition) is 4. The van der Waals surface area contributed by atoms with Gasteiger partial charge in [0, 0.05) is 37.0 Å². The fraction of sp³-hybridized carbons (Fsp3) is 0.353. The van der Waals surface area contributed by atoms with Gasteiger partial charge in [-0.1, -0.05) is 42.8 Å². The third kappa shape index (κ3) is 6.11. The number of esters is 1. The summed E-state index contributed by atoms with van der Waals surface area (Å²) in [5.74, 6) is 0.0719. The molecule has 0 N–H and O–H groups in total. The van der Waals surface area contributed by atoms with E-state index in [0.717, 1.165) is 42.5 Å². The summed E-state index contributed by atoms with van der Waals surface area (Å²) >= 11 is 0. The summed E-state index contributed by atoms with van der Waals surface area (Å²) in [5, 5.41) is 0. The van der Waals surface area contributed by atoms with E-state index in [-0.39, 0.29) is 11.8 Å². The standard InChI is InChI=1S/C34H37FN2O3/c1-4-36(2)30-14-12-27(13-15-30)26-9-5-23(6-10-26)22-37(34(39)32-20-24-7-11-28(32)17-24)31-19-25(18-29(35)21-31)8-16-33(38)40-3/h5-6,8-10,12-16,18-19,21,24,28,32H,4,7,11,17,20,22H2,1-3H3. The molecule has 2 aliphatic carbocycles. The molecule has 3 unspecified atom stereocenters. The van der Waals surface area contributed by atoms with Gasteiger partial charge in [0.2, 0.25) is 5.91 Å². The summed E-state index contributed by atoms with van der Waals surface area (Å²) in [6.07, 6.45) is 7.08. The van der Waals surface area contributed by atoms with Gasteiger partial charge in [-0.3, -0.25) is 4.79 Å². The highest BCUT2D eigenvalue weighted by Gasteiger charge is 2.44. The Morgan fingerprint density at radius 1 is 0.950 bits per heavy atom. The minimum absolute atomic E-state index is 0.0323. The van der Waals surface area contributed by atoms with Crippen molar-refractivity contribution < 1.29 is 18.7 Å². The molecule has 40 heavy (non-hydrogen) atoms. The molecule has 1 amide bonds. The van der Waals surface area contributed by atoms with Crippen LogP contribution in [-0.2, 0) is 20.9 Å². The highest BCUT2D eigenvalue weighted by atomic mass is 19.1. The molecule has 0 saturated heterocycles. The van der Waals surface area contributed by atoms with E-state index in [2.05, 4.69) is 60.0 Å². The summed E-state index contributed by atoms with van der Waals surface area (Å²) < 4.78 is 19.4. The van der Waals surface area contributed by atoms with E-state index in [0.29, 0.717) is 29.6 Å². The first kappa shape index (κ1) is 27.6. The fourth-order valence-corrected chi connectivity index (χ4v) is 6.20. The van der Waals surface area contributed by atoms with Crippen LogP contribution in [0.5, 0.6) is 0 Å². The lowest BCUT2D eigenvalue weighted by atomic mass is 9.87. The number of nitrogens with zero attached hydrogens (tertiary/aromatic N) is 2. The number of methoxy groups -OCH3 is 1. The zero-order valence-electron chi connectivity index (χ0n) is 23.5. The van der Waals surface area contributed by atoms with Crippen molar-refractivity contribution in [2.45, 2.75) is 39.2 Å². The molecule has 0 heterocycles. The molecule has 3 aromatic rings. The second kappa shape index (κ2) is 12.1. The summed E-state index contributed by atoms with van der Waals surface area (Å²) in [7, 11) is 3.37. The maximum absolute atomic E-state index is 14.8. The van der Waals surface area contributed by atoms with E-state index in [1.54, 1.807) is 11.0 Å². The summed E-state index contributed by atoms with van der Waals surface area (Å²) in [4.78, 5) is 29.5. The summed E-state index contributed by atoms with van der Waals surface area (Å²) in [5.41, 5.74) is 5.37. The first-order valence-electron chi connectivity index (χ1n) is 14.1. The number of hydrogen-bond donors (Lipinski definition) is 0. The molecule has 6 heteroatoms.